The fourth-order valence-electron chi connectivity index (χ4n) is 5.80. The van der Waals surface area contributed by atoms with Crippen LogP contribution in [-0.2, 0) is 4.79 Å². The number of anilines is 1. The molecule has 0 saturated carbocycles. The van der Waals surface area contributed by atoms with Gasteiger partial charge in [0, 0.05) is 55.1 Å². The van der Waals surface area contributed by atoms with E-state index >= 15 is 0 Å². The zero-order valence-electron chi connectivity index (χ0n) is 24.3. The SMILES string of the molecule is CCN(CC)C(=O)C1=C(C)N=c2s/c(=C\c3cc([N+](=O)[O-])ccc3N3CCCCC3)c(=O)n2[C@H]1c1ccccc1OC. The number of rotatable bonds is 8. The molecule has 220 valence electrons. The number of ether oxygens (including phenoxy) is 1. The molecule has 42 heavy (non-hydrogen) atoms. The first-order valence-electron chi connectivity index (χ1n) is 14.3. The molecule has 1 saturated heterocycles. The highest BCUT2D eigenvalue weighted by Crippen LogP contribution is 2.36. The molecule has 0 aliphatic carbocycles. The number of benzene rings is 2. The van der Waals surface area contributed by atoms with Gasteiger partial charge in [0.1, 0.15) is 11.8 Å². The molecule has 1 fully saturated rings. The number of non-ortho nitro benzene ring substituents is 1. The lowest BCUT2D eigenvalue weighted by molar-refractivity contribution is -0.384. The number of para-hydroxylation sites is 1. The maximum absolute atomic E-state index is 14.2. The highest BCUT2D eigenvalue weighted by molar-refractivity contribution is 7.07. The van der Waals surface area contributed by atoms with Gasteiger partial charge < -0.3 is 14.5 Å². The Balaban J connectivity index is 1.75. The molecule has 1 atom stereocenters. The first kappa shape index (κ1) is 29.2. The molecule has 0 unspecified atom stereocenters. The number of nitro groups is 1. The van der Waals surface area contributed by atoms with Crippen LogP contribution in [0.3, 0.4) is 0 Å². The number of piperidine rings is 1. The van der Waals surface area contributed by atoms with Crippen LogP contribution >= 0.6 is 11.3 Å². The fraction of sp³-hybridized carbons (Fsp3) is 0.387. The number of carbonyl (C=O) groups is 1. The summed E-state index contributed by atoms with van der Waals surface area (Å²) in [4.78, 5) is 48.5. The van der Waals surface area contributed by atoms with Crippen molar-refractivity contribution in [2.45, 2.75) is 46.1 Å². The highest BCUT2D eigenvalue weighted by Gasteiger charge is 2.35. The number of fused-ring (bicyclic) bond motifs is 1. The number of nitrogens with zero attached hydrogens (tertiary/aromatic N) is 5. The van der Waals surface area contributed by atoms with Gasteiger partial charge in [0.15, 0.2) is 4.80 Å². The van der Waals surface area contributed by atoms with Gasteiger partial charge in [-0.15, -0.1) is 0 Å². The zero-order valence-corrected chi connectivity index (χ0v) is 25.1. The first-order valence-corrected chi connectivity index (χ1v) is 15.1. The van der Waals surface area contributed by atoms with Crippen molar-refractivity contribution in [1.82, 2.24) is 9.47 Å². The molecule has 0 radical (unpaired) electrons. The maximum Gasteiger partial charge on any atom is 0.271 e. The molecule has 1 aromatic heterocycles. The van der Waals surface area contributed by atoms with Crippen LogP contribution in [0.2, 0.25) is 0 Å². The second-order valence-electron chi connectivity index (χ2n) is 10.3. The summed E-state index contributed by atoms with van der Waals surface area (Å²) in [7, 11) is 1.56. The monoisotopic (exact) mass is 589 g/mol. The van der Waals surface area contributed by atoms with Crippen LogP contribution < -0.4 is 24.5 Å². The van der Waals surface area contributed by atoms with Gasteiger partial charge in [0.2, 0.25) is 0 Å². The van der Waals surface area contributed by atoms with E-state index in [0.29, 0.717) is 50.6 Å². The average Bonchev–Trinajstić information content (AvgIpc) is 3.31. The number of carbonyl (C=O) groups excluding carboxylic acids is 1. The highest BCUT2D eigenvalue weighted by atomic mass is 32.1. The largest absolute Gasteiger partial charge is 0.496 e. The molecule has 0 spiro atoms. The van der Waals surface area contributed by atoms with Gasteiger partial charge in [0.25, 0.3) is 17.2 Å². The lowest BCUT2D eigenvalue weighted by Gasteiger charge is -2.30. The van der Waals surface area contributed by atoms with E-state index in [4.69, 9.17) is 9.73 Å². The zero-order chi connectivity index (χ0) is 30.0. The van der Waals surface area contributed by atoms with Crippen LogP contribution in [-0.4, -0.2) is 53.6 Å². The summed E-state index contributed by atoms with van der Waals surface area (Å²) in [5, 5.41) is 11.7. The second kappa shape index (κ2) is 12.3. The summed E-state index contributed by atoms with van der Waals surface area (Å²) < 4.78 is 7.63. The van der Waals surface area contributed by atoms with Gasteiger partial charge in [-0.2, -0.15) is 0 Å². The minimum Gasteiger partial charge on any atom is -0.496 e. The van der Waals surface area contributed by atoms with Crippen LogP contribution in [0.5, 0.6) is 5.75 Å². The minimum absolute atomic E-state index is 0.0374. The predicted molar refractivity (Wildman–Crippen MR) is 164 cm³/mol. The summed E-state index contributed by atoms with van der Waals surface area (Å²) in [6.45, 7) is 8.37. The first-order chi connectivity index (χ1) is 20.3. The van der Waals surface area contributed by atoms with Crippen LogP contribution in [0.4, 0.5) is 11.4 Å². The van der Waals surface area contributed by atoms with Gasteiger partial charge in [-0.1, -0.05) is 29.5 Å². The third-order valence-corrected chi connectivity index (χ3v) is 8.92. The molecule has 0 bridgehead atoms. The smallest absolute Gasteiger partial charge is 0.271 e. The van der Waals surface area contributed by atoms with E-state index in [1.807, 2.05) is 38.1 Å². The predicted octanol–water partition coefficient (Wildman–Crippen LogP) is 4.01. The van der Waals surface area contributed by atoms with Gasteiger partial charge in [-0.05, 0) is 58.2 Å². The van der Waals surface area contributed by atoms with Crippen LogP contribution in [0.25, 0.3) is 6.08 Å². The average molecular weight is 590 g/mol. The van der Waals surface area contributed by atoms with Crippen LogP contribution in [0.15, 0.2) is 63.5 Å². The Bertz CT molecular complexity index is 1730. The molecule has 2 aliphatic heterocycles. The van der Waals surface area contributed by atoms with E-state index in [1.54, 1.807) is 35.6 Å². The van der Waals surface area contributed by atoms with Crippen molar-refractivity contribution < 1.29 is 14.5 Å². The standard InChI is InChI=1S/C31H35N5O5S/c1-5-33(6-2)30(38)27-20(3)32-31-35(28(27)23-12-8-9-13-25(23)41-4)29(37)26(42-31)19-21-18-22(36(39)40)14-15-24(21)34-16-10-7-11-17-34/h8-9,12-15,18-19,28H,5-7,10-11,16-17H2,1-4H3/b26-19-/t28-/m0/s1. The Morgan fingerprint density at radius 3 is 2.55 bits per heavy atom. The van der Waals surface area contributed by atoms with Gasteiger partial charge in [0.05, 0.1) is 27.8 Å². The molecule has 0 N–H and O–H groups in total. The van der Waals surface area contributed by atoms with Gasteiger partial charge in [-0.25, -0.2) is 4.99 Å². The van der Waals surface area contributed by atoms with E-state index in [9.17, 15) is 19.7 Å². The fourth-order valence-corrected chi connectivity index (χ4v) is 6.84. The van der Waals surface area contributed by atoms with E-state index in [2.05, 4.69) is 4.90 Å². The van der Waals surface area contributed by atoms with Crippen LogP contribution in [0.1, 0.15) is 57.2 Å². The third-order valence-electron chi connectivity index (χ3n) is 7.94. The molecule has 11 heteroatoms. The Kier molecular flexibility index (Phi) is 8.58. The van der Waals surface area contributed by atoms with Crippen molar-refractivity contribution in [2.75, 3.05) is 38.2 Å². The number of allylic oxidation sites excluding steroid dienone is 1. The van der Waals surface area contributed by atoms with E-state index in [-0.39, 0.29) is 17.2 Å². The molecule has 10 nitrogen and oxygen atoms in total. The number of aromatic nitrogens is 1. The van der Waals surface area contributed by atoms with E-state index < -0.39 is 11.0 Å². The molecule has 2 aromatic carbocycles. The summed E-state index contributed by atoms with van der Waals surface area (Å²) in [5.41, 5.74) is 2.77. The molecular weight excluding hydrogens is 554 g/mol. The molecular formula is C31H35N5O5S. The summed E-state index contributed by atoms with van der Waals surface area (Å²) >= 11 is 1.22. The number of hydrogen-bond acceptors (Lipinski definition) is 8. The summed E-state index contributed by atoms with van der Waals surface area (Å²) in [5.74, 6) is 0.375. The number of hydrogen-bond donors (Lipinski definition) is 0. The lowest BCUT2D eigenvalue weighted by Crippen LogP contribution is -2.43. The van der Waals surface area contributed by atoms with Crippen molar-refractivity contribution in [3.63, 3.8) is 0 Å². The van der Waals surface area contributed by atoms with Crippen molar-refractivity contribution in [3.8, 4) is 5.75 Å². The quantitative estimate of drug-likeness (QED) is 0.290. The Morgan fingerprint density at radius 1 is 1.17 bits per heavy atom. The molecule has 3 aromatic rings. The Hall–Kier alpha value is -4.25. The van der Waals surface area contributed by atoms with E-state index in [0.717, 1.165) is 38.0 Å². The van der Waals surface area contributed by atoms with Crippen LogP contribution in [0, 0.1) is 10.1 Å². The normalized spacial score (nSPS) is 17.1. The summed E-state index contributed by atoms with van der Waals surface area (Å²) in [6, 6.07) is 11.4. The molecule has 3 heterocycles. The lowest BCUT2D eigenvalue weighted by atomic mass is 9.94. The topological polar surface area (TPSA) is 110 Å². The maximum atomic E-state index is 14.2. The van der Waals surface area contributed by atoms with Crippen molar-refractivity contribution >= 4 is 34.7 Å². The third kappa shape index (κ3) is 5.36. The van der Waals surface area contributed by atoms with Gasteiger partial charge >= 0.3 is 0 Å². The molecule has 1 amide bonds. The van der Waals surface area contributed by atoms with Gasteiger partial charge in [-0.3, -0.25) is 24.3 Å². The van der Waals surface area contributed by atoms with Crippen molar-refractivity contribution in [3.05, 3.63) is 94.7 Å². The number of methoxy groups -OCH3 is 1. The van der Waals surface area contributed by atoms with E-state index in [1.165, 1.54) is 23.5 Å². The van der Waals surface area contributed by atoms with Crippen molar-refractivity contribution in [2.24, 2.45) is 4.99 Å². The second-order valence-corrected chi connectivity index (χ2v) is 11.4. The minimum atomic E-state index is -0.751. The number of thiazole rings is 1. The molecule has 5 rings (SSSR count). The number of likely N-dealkylation sites (N-methyl/N-ethyl adjacent to an activating group) is 1. The molecule has 2 aliphatic rings. The Morgan fingerprint density at radius 2 is 1.88 bits per heavy atom. The summed E-state index contributed by atoms with van der Waals surface area (Å²) in [6.07, 6.45) is 4.96. The number of amides is 1. The number of nitro benzene ring substituents is 1. The van der Waals surface area contributed by atoms with Crippen molar-refractivity contribution in [1.29, 1.82) is 0 Å². The Labute approximate surface area is 248 Å².